The molecule has 0 aromatic heterocycles. The summed E-state index contributed by atoms with van der Waals surface area (Å²) in [4.78, 5) is 0. The van der Waals surface area contributed by atoms with Crippen LogP contribution in [0.2, 0.25) is 10.0 Å². The minimum Gasteiger partial charge on any atom is -0.398 e. The number of hydrogen-bond donors (Lipinski definition) is 1. The van der Waals surface area contributed by atoms with Gasteiger partial charge in [-0.25, -0.2) is 4.39 Å². The Balaban J connectivity index is 2.46. The molecule has 2 aromatic carbocycles. The SMILES string of the molecule is Cc1cc(N)c(Cl)c(Cc2c(F)cccc2Cl)c1. The van der Waals surface area contributed by atoms with Gasteiger partial charge in [0.2, 0.25) is 0 Å². The van der Waals surface area contributed by atoms with Crippen molar-refractivity contribution in [1.29, 1.82) is 0 Å². The van der Waals surface area contributed by atoms with E-state index in [1.54, 1.807) is 18.2 Å². The third-order valence-corrected chi connectivity index (χ3v) is 3.56. The van der Waals surface area contributed by atoms with E-state index < -0.39 is 0 Å². The lowest BCUT2D eigenvalue weighted by Gasteiger charge is -2.10. The number of nitrogen functional groups attached to an aromatic ring is 1. The first-order valence-corrected chi connectivity index (χ1v) is 6.22. The fourth-order valence-corrected chi connectivity index (χ4v) is 2.30. The smallest absolute Gasteiger partial charge is 0.128 e. The molecule has 0 atom stereocenters. The molecule has 0 bridgehead atoms. The maximum absolute atomic E-state index is 13.7. The van der Waals surface area contributed by atoms with E-state index in [1.165, 1.54) is 6.07 Å². The van der Waals surface area contributed by atoms with E-state index in [0.29, 0.717) is 27.7 Å². The lowest BCUT2D eigenvalue weighted by atomic mass is 10.0. The van der Waals surface area contributed by atoms with Gasteiger partial charge < -0.3 is 5.73 Å². The molecule has 0 saturated carbocycles. The molecule has 0 amide bonds. The van der Waals surface area contributed by atoms with E-state index in [2.05, 4.69) is 0 Å². The average Bonchev–Trinajstić information content (AvgIpc) is 2.30. The molecular weight excluding hydrogens is 272 g/mol. The molecule has 4 heteroatoms. The summed E-state index contributed by atoms with van der Waals surface area (Å²) in [6, 6.07) is 8.30. The van der Waals surface area contributed by atoms with Crippen LogP contribution in [0.5, 0.6) is 0 Å². The van der Waals surface area contributed by atoms with E-state index in [4.69, 9.17) is 28.9 Å². The molecule has 2 N–H and O–H groups in total. The topological polar surface area (TPSA) is 26.0 Å². The Morgan fingerprint density at radius 2 is 1.94 bits per heavy atom. The first kappa shape index (κ1) is 13.2. The molecule has 0 radical (unpaired) electrons. The zero-order valence-electron chi connectivity index (χ0n) is 9.81. The second kappa shape index (κ2) is 5.17. The highest BCUT2D eigenvalue weighted by Crippen LogP contribution is 2.30. The Kier molecular flexibility index (Phi) is 3.79. The van der Waals surface area contributed by atoms with Crippen LogP contribution in [-0.2, 0) is 6.42 Å². The van der Waals surface area contributed by atoms with Gasteiger partial charge in [-0.1, -0.05) is 35.3 Å². The number of rotatable bonds is 2. The van der Waals surface area contributed by atoms with Gasteiger partial charge in [-0.3, -0.25) is 0 Å². The second-order valence-corrected chi connectivity index (χ2v) is 4.99. The van der Waals surface area contributed by atoms with Crippen LogP contribution >= 0.6 is 23.2 Å². The predicted molar refractivity (Wildman–Crippen MR) is 74.8 cm³/mol. The van der Waals surface area contributed by atoms with Gasteiger partial charge in [-0.05, 0) is 36.2 Å². The van der Waals surface area contributed by atoms with Gasteiger partial charge in [0.1, 0.15) is 5.82 Å². The first-order chi connectivity index (χ1) is 8.49. The molecule has 0 aliphatic rings. The highest BCUT2D eigenvalue weighted by Gasteiger charge is 2.12. The van der Waals surface area contributed by atoms with Gasteiger partial charge in [0.05, 0.1) is 10.7 Å². The highest BCUT2D eigenvalue weighted by molar-refractivity contribution is 6.34. The molecule has 2 rings (SSSR count). The highest BCUT2D eigenvalue weighted by atomic mass is 35.5. The number of hydrogen-bond acceptors (Lipinski definition) is 1. The largest absolute Gasteiger partial charge is 0.398 e. The molecule has 0 aliphatic heterocycles. The van der Waals surface area contributed by atoms with Gasteiger partial charge in [0.25, 0.3) is 0 Å². The lowest BCUT2D eigenvalue weighted by Crippen LogP contribution is -1.98. The van der Waals surface area contributed by atoms with Crippen molar-refractivity contribution in [3.8, 4) is 0 Å². The van der Waals surface area contributed by atoms with Gasteiger partial charge >= 0.3 is 0 Å². The quantitative estimate of drug-likeness (QED) is 0.800. The van der Waals surface area contributed by atoms with Crippen molar-refractivity contribution in [2.24, 2.45) is 0 Å². The Bertz CT molecular complexity index is 576. The monoisotopic (exact) mass is 283 g/mol. The minimum atomic E-state index is -0.335. The molecule has 0 saturated heterocycles. The Labute approximate surface area is 115 Å². The molecule has 0 spiro atoms. The third-order valence-electron chi connectivity index (χ3n) is 2.75. The molecule has 0 aliphatic carbocycles. The predicted octanol–water partition coefficient (Wildman–Crippen LogP) is 4.61. The van der Waals surface area contributed by atoms with Crippen LogP contribution in [0.4, 0.5) is 10.1 Å². The van der Waals surface area contributed by atoms with Crippen molar-refractivity contribution in [2.45, 2.75) is 13.3 Å². The number of anilines is 1. The average molecular weight is 284 g/mol. The number of benzene rings is 2. The summed E-state index contributed by atoms with van der Waals surface area (Å²) in [5.74, 6) is -0.335. The summed E-state index contributed by atoms with van der Waals surface area (Å²) in [7, 11) is 0. The van der Waals surface area contributed by atoms with Crippen LogP contribution in [0.25, 0.3) is 0 Å². The molecule has 18 heavy (non-hydrogen) atoms. The van der Waals surface area contributed by atoms with Crippen LogP contribution in [-0.4, -0.2) is 0 Å². The zero-order chi connectivity index (χ0) is 13.3. The summed E-state index contributed by atoms with van der Waals surface area (Å²) in [6.07, 6.45) is 0.330. The standard InChI is InChI=1S/C14H12Cl2FN/c1-8-5-9(14(16)13(18)6-8)7-10-11(15)3-2-4-12(10)17/h2-6H,7,18H2,1H3. The fourth-order valence-electron chi connectivity index (χ4n) is 1.89. The number of aryl methyl sites for hydroxylation is 1. The molecule has 0 fully saturated rings. The van der Waals surface area contributed by atoms with E-state index in [1.807, 2.05) is 13.0 Å². The summed E-state index contributed by atoms with van der Waals surface area (Å²) in [5.41, 5.74) is 8.49. The lowest BCUT2D eigenvalue weighted by molar-refractivity contribution is 0.614. The maximum Gasteiger partial charge on any atom is 0.128 e. The van der Waals surface area contributed by atoms with Crippen LogP contribution in [0.3, 0.4) is 0 Å². The Morgan fingerprint density at radius 3 is 2.61 bits per heavy atom. The number of nitrogens with two attached hydrogens (primary N) is 1. The van der Waals surface area contributed by atoms with Crippen molar-refractivity contribution in [3.05, 3.63) is 62.9 Å². The van der Waals surface area contributed by atoms with Crippen molar-refractivity contribution in [3.63, 3.8) is 0 Å². The zero-order valence-corrected chi connectivity index (χ0v) is 11.3. The molecule has 0 unspecified atom stereocenters. The minimum absolute atomic E-state index is 0.330. The van der Waals surface area contributed by atoms with Crippen molar-refractivity contribution >= 4 is 28.9 Å². The van der Waals surface area contributed by atoms with Crippen LogP contribution < -0.4 is 5.73 Å². The molecule has 0 heterocycles. The van der Waals surface area contributed by atoms with Crippen molar-refractivity contribution in [1.82, 2.24) is 0 Å². The van der Waals surface area contributed by atoms with Gasteiger partial charge in [0.15, 0.2) is 0 Å². The molecule has 2 aromatic rings. The molecule has 94 valence electrons. The van der Waals surface area contributed by atoms with Gasteiger partial charge in [-0.15, -0.1) is 0 Å². The van der Waals surface area contributed by atoms with E-state index in [0.717, 1.165) is 11.1 Å². The summed E-state index contributed by atoms with van der Waals surface area (Å²) in [5, 5.41) is 0.853. The Hall–Kier alpha value is -1.25. The fraction of sp³-hybridized carbons (Fsp3) is 0.143. The molecule has 1 nitrogen and oxygen atoms in total. The summed E-state index contributed by atoms with van der Waals surface area (Å²) < 4.78 is 13.7. The van der Waals surface area contributed by atoms with E-state index >= 15 is 0 Å². The maximum atomic E-state index is 13.7. The van der Waals surface area contributed by atoms with Gasteiger partial charge in [-0.2, -0.15) is 0 Å². The van der Waals surface area contributed by atoms with E-state index in [9.17, 15) is 4.39 Å². The summed E-state index contributed by atoms with van der Waals surface area (Å²) >= 11 is 12.1. The third kappa shape index (κ3) is 2.60. The number of halogens is 3. The first-order valence-electron chi connectivity index (χ1n) is 5.46. The van der Waals surface area contributed by atoms with E-state index in [-0.39, 0.29) is 5.82 Å². The normalized spacial score (nSPS) is 10.7. The van der Waals surface area contributed by atoms with Gasteiger partial charge in [0, 0.05) is 17.0 Å². The second-order valence-electron chi connectivity index (χ2n) is 4.20. The Morgan fingerprint density at radius 1 is 1.22 bits per heavy atom. The van der Waals surface area contributed by atoms with Crippen molar-refractivity contribution in [2.75, 3.05) is 5.73 Å². The molecular formula is C14H12Cl2FN. The van der Waals surface area contributed by atoms with Crippen molar-refractivity contribution < 1.29 is 4.39 Å². The summed E-state index contributed by atoms with van der Waals surface area (Å²) in [6.45, 7) is 1.92. The van der Waals surface area contributed by atoms with Crippen LogP contribution in [0, 0.1) is 12.7 Å². The van der Waals surface area contributed by atoms with Crippen LogP contribution in [0.1, 0.15) is 16.7 Å². The van der Waals surface area contributed by atoms with Crippen LogP contribution in [0.15, 0.2) is 30.3 Å².